The van der Waals surface area contributed by atoms with Crippen LogP contribution in [0.25, 0.3) is 5.65 Å². The topological polar surface area (TPSA) is 46.4 Å². The number of rotatable bonds is 2. The van der Waals surface area contributed by atoms with Crippen LogP contribution in [0.3, 0.4) is 0 Å². The van der Waals surface area contributed by atoms with E-state index in [4.69, 9.17) is 0 Å². The van der Waals surface area contributed by atoms with Crippen LogP contribution in [0, 0.1) is 0 Å². The van der Waals surface area contributed by atoms with Gasteiger partial charge >= 0.3 is 0 Å². The summed E-state index contributed by atoms with van der Waals surface area (Å²) in [6.45, 7) is 6.49. The number of carbonyl (C=O) groups is 1. The monoisotopic (exact) mass is 257 g/mol. The molecular weight excluding hydrogens is 238 g/mol. The third-order valence-corrected chi connectivity index (χ3v) is 3.52. The van der Waals surface area contributed by atoms with Crippen LogP contribution in [-0.4, -0.2) is 21.3 Å². The van der Waals surface area contributed by atoms with Crippen molar-refractivity contribution in [3.05, 3.63) is 35.8 Å². The second-order valence-electron chi connectivity index (χ2n) is 6.29. The maximum absolute atomic E-state index is 12.2. The minimum atomic E-state index is -0.0268. The van der Waals surface area contributed by atoms with Crippen LogP contribution in [0.5, 0.6) is 0 Å². The van der Waals surface area contributed by atoms with Gasteiger partial charge in [-0.05, 0) is 29.9 Å². The van der Waals surface area contributed by atoms with Crippen molar-refractivity contribution in [1.29, 1.82) is 0 Å². The number of aromatic nitrogens is 2. The maximum atomic E-state index is 12.2. The normalized spacial score (nSPS) is 15.7. The lowest BCUT2D eigenvalue weighted by molar-refractivity contribution is 0.0945. The summed E-state index contributed by atoms with van der Waals surface area (Å²) >= 11 is 0. The molecule has 4 nitrogen and oxygen atoms in total. The minimum absolute atomic E-state index is 0.0268. The largest absolute Gasteiger partial charge is 0.348 e. The first kappa shape index (κ1) is 12.2. The van der Waals surface area contributed by atoms with Gasteiger partial charge in [-0.15, -0.1) is 0 Å². The molecule has 2 heterocycles. The van der Waals surface area contributed by atoms with Crippen molar-refractivity contribution >= 4 is 11.6 Å². The quantitative estimate of drug-likeness (QED) is 0.898. The lowest BCUT2D eigenvalue weighted by atomic mass is 9.88. The van der Waals surface area contributed by atoms with E-state index in [2.05, 4.69) is 37.1 Å². The van der Waals surface area contributed by atoms with Crippen molar-refractivity contribution in [1.82, 2.24) is 14.7 Å². The number of pyridine rings is 1. The van der Waals surface area contributed by atoms with Crippen molar-refractivity contribution in [2.24, 2.45) is 0 Å². The van der Waals surface area contributed by atoms with E-state index < -0.39 is 0 Å². The Labute approximate surface area is 112 Å². The fraction of sp³-hybridized carbons (Fsp3) is 0.467. The van der Waals surface area contributed by atoms with E-state index in [0.717, 1.165) is 18.5 Å². The van der Waals surface area contributed by atoms with E-state index >= 15 is 0 Å². The van der Waals surface area contributed by atoms with Gasteiger partial charge in [0.1, 0.15) is 11.3 Å². The highest BCUT2D eigenvalue weighted by molar-refractivity contribution is 5.93. The number of amides is 1. The second kappa shape index (κ2) is 4.08. The molecule has 0 unspecified atom stereocenters. The van der Waals surface area contributed by atoms with Gasteiger partial charge in [0.2, 0.25) is 0 Å². The van der Waals surface area contributed by atoms with E-state index in [0.29, 0.717) is 11.7 Å². The average Bonchev–Trinajstić information content (AvgIpc) is 3.04. The zero-order chi connectivity index (χ0) is 13.6. The van der Waals surface area contributed by atoms with Gasteiger partial charge in [0.25, 0.3) is 5.91 Å². The van der Waals surface area contributed by atoms with Gasteiger partial charge in [-0.3, -0.25) is 9.20 Å². The molecule has 2 aromatic rings. The third kappa shape index (κ3) is 2.35. The summed E-state index contributed by atoms with van der Waals surface area (Å²) in [5, 5.41) is 3.01. The van der Waals surface area contributed by atoms with Crippen LogP contribution in [0.2, 0.25) is 0 Å². The van der Waals surface area contributed by atoms with Crippen LogP contribution in [-0.2, 0) is 5.41 Å². The van der Waals surface area contributed by atoms with Crippen LogP contribution in [0.1, 0.15) is 49.7 Å². The molecule has 1 saturated carbocycles. The molecule has 100 valence electrons. The Morgan fingerprint density at radius 3 is 2.74 bits per heavy atom. The Hall–Kier alpha value is -1.84. The van der Waals surface area contributed by atoms with Crippen LogP contribution >= 0.6 is 0 Å². The number of nitrogens with one attached hydrogen (secondary N) is 1. The average molecular weight is 257 g/mol. The number of fused-ring (bicyclic) bond motifs is 1. The fourth-order valence-electron chi connectivity index (χ4n) is 2.08. The van der Waals surface area contributed by atoms with Crippen LogP contribution in [0.15, 0.2) is 24.5 Å². The molecule has 1 aliphatic rings. The van der Waals surface area contributed by atoms with E-state index in [1.807, 2.05) is 16.7 Å². The van der Waals surface area contributed by atoms with Gasteiger partial charge in [0.05, 0.1) is 6.20 Å². The standard InChI is InChI=1S/C15H19N3O/c1-15(2,3)10-4-7-13-16-8-12(18(13)9-10)14(19)17-11-5-6-11/h4,7-9,11H,5-6H2,1-3H3,(H,17,19). The Morgan fingerprint density at radius 2 is 2.11 bits per heavy atom. The minimum Gasteiger partial charge on any atom is -0.348 e. The number of imidazole rings is 1. The van der Waals surface area contributed by atoms with Crippen molar-refractivity contribution in [3.8, 4) is 0 Å². The molecule has 1 amide bonds. The fourth-order valence-corrected chi connectivity index (χ4v) is 2.08. The molecule has 0 spiro atoms. The van der Waals surface area contributed by atoms with Crippen molar-refractivity contribution in [2.75, 3.05) is 0 Å². The van der Waals surface area contributed by atoms with Crippen LogP contribution in [0.4, 0.5) is 0 Å². The lowest BCUT2D eigenvalue weighted by Gasteiger charge is -2.19. The van der Waals surface area contributed by atoms with E-state index in [1.54, 1.807) is 6.20 Å². The molecule has 1 fully saturated rings. The predicted octanol–water partition coefficient (Wildman–Crippen LogP) is 2.52. The van der Waals surface area contributed by atoms with E-state index in [9.17, 15) is 4.79 Å². The Bertz CT molecular complexity index is 632. The highest BCUT2D eigenvalue weighted by Crippen LogP contribution is 2.23. The molecule has 4 heteroatoms. The molecule has 0 radical (unpaired) electrons. The smallest absolute Gasteiger partial charge is 0.270 e. The summed E-state index contributed by atoms with van der Waals surface area (Å²) in [5.74, 6) is -0.0268. The zero-order valence-electron chi connectivity index (χ0n) is 11.6. The number of hydrogen-bond acceptors (Lipinski definition) is 2. The van der Waals surface area contributed by atoms with Crippen molar-refractivity contribution < 1.29 is 4.79 Å². The summed E-state index contributed by atoms with van der Waals surface area (Å²) < 4.78 is 1.89. The molecule has 19 heavy (non-hydrogen) atoms. The first-order chi connectivity index (χ1) is 8.95. The van der Waals surface area contributed by atoms with Gasteiger partial charge < -0.3 is 5.32 Å². The van der Waals surface area contributed by atoms with Crippen LogP contribution < -0.4 is 5.32 Å². The number of nitrogens with zero attached hydrogens (tertiary/aromatic N) is 2. The summed E-state index contributed by atoms with van der Waals surface area (Å²) in [4.78, 5) is 16.5. The molecule has 3 rings (SSSR count). The third-order valence-electron chi connectivity index (χ3n) is 3.52. The molecule has 0 bridgehead atoms. The zero-order valence-corrected chi connectivity index (χ0v) is 11.6. The van der Waals surface area contributed by atoms with E-state index in [-0.39, 0.29) is 11.3 Å². The summed E-state index contributed by atoms with van der Waals surface area (Å²) in [6.07, 6.45) is 5.86. The summed E-state index contributed by atoms with van der Waals surface area (Å²) in [5.41, 5.74) is 2.68. The molecule has 1 aliphatic carbocycles. The highest BCUT2D eigenvalue weighted by Gasteiger charge is 2.25. The second-order valence-corrected chi connectivity index (χ2v) is 6.29. The van der Waals surface area contributed by atoms with Gasteiger partial charge in [0.15, 0.2) is 0 Å². The lowest BCUT2D eigenvalue weighted by Crippen LogP contribution is -2.26. The molecule has 0 aliphatic heterocycles. The Kier molecular flexibility index (Phi) is 2.62. The number of carbonyl (C=O) groups excluding carboxylic acids is 1. The summed E-state index contributed by atoms with van der Waals surface area (Å²) in [6, 6.07) is 4.41. The number of hydrogen-bond donors (Lipinski definition) is 1. The van der Waals surface area contributed by atoms with Gasteiger partial charge in [0, 0.05) is 12.2 Å². The van der Waals surface area contributed by atoms with Crippen molar-refractivity contribution in [2.45, 2.75) is 45.1 Å². The van der Waals surface area contributed by atoms with Gasteiger partial charge in [-0.1, -0.05) is 26.8 Å². The summed E-state index contributed by atoms with van der Waals surface area (Å²) in [7, 11) is 0. The Morgan fingerprint density at radius 1 is 1.37 bits per heavy atom. The molecule has 1 N–H and O–H groups in total. The van der Waals surface area contributed by atoms with Crippen molar-refractivity contribution in [3.63, 3.8) is 0 Å². The SMILES string of the molecule is CC(C)(C)c1ccc2ncc(C(=O)NC3CC3)n2c1. The molecule has 2 aromatic heterocycles. The molecular formula is C15H19N3O. The first-order valence-electron chi connectivity index (χ1n) is 6.73. The molecule has 0 saturated heterocycles. The molecule has 0 atom stereocenters. The van der Waals surface area contributed by atoms with Gasteiger partial charge in [-0.2, -0.15) is 0 Å². The van der Waals surface area contributed by atoms with Gasteiger partial charge in [-0.25, -0.2) is 4.98 Å². The molecule has 0 aromatic carbocycles. The predicted molar refractivity (Wildman–Crippen MR) is 74.4 cm³/mol. The highest BCUT2D eigenvalue weighted by atomic mass is 16.2. The Balaban J connectivity index is 2.02. The maximum Gasteiger partial charge on any atom is 0.270 e. The first-order valence-corrected chi connectivity index (χ1v) is 6.73. The van der Waals surface area contributed by atoms with E-state index in [1.165, 1.54) is 5.56 Å².